The van der Waals surface area contributed by atoms with Crippen LogP contribution in [0.25, 0.3) is 0 Å². The molecule has 5 nitrogen and oxygen atoms in total. The van der Waals surface area contributed by atoms with E-state index < -0.39 is 11.7 Å². The molecule has 2 heterocycles. The van der Waals surface area contributed by atoms with Crippen molar-refractivity contribution in [2.45, 2.75) is 38.4 Å². The topological polar surface area (TPSA) is 55.2 Å². The number of carbonyl (C=O) groups is 2. The lowest BCUT2D eigenvalue weighted by Gasteiger charge is -2.19. The van der Waals surface area contributed by atoms with E-state index in [4.69, 9.17) is 0 Å². The maximum atomic E-state index is 12.8. The first-order valence-corrected chi connectivity index (χ1v) is 8.91. The zero-order valence-corrected chi connectivity index (χ0v) is 14.4. The number of carbonyl (C=O) groups excluding carboxylic acids is 2. The van der Waals surface area contributed by atoms with Crippen molar-refractivity contribution in [3.05, 3.63) is 47.8 Å². The molecule has 1 aliphatic heterocycles. The zero-order valence-electron chi connectivity index (χ0n) is 14.4. The number of fused-ring (bicyclic) bond motifs is 1. The molecule has 2 aromatic rings. The Kier molecular flexibility index (Phi) is 4.28. The van der Waals surface area contributed by atoms with Crippen molar-refractivity contribution in [1.29, 1.82) is 0 Å². The number of imide groups is 1. The molecule has 1 aliphatic carbocycles. The van der Waals surface area contributed by atoms with Crippen LogP contribution in [0.4, 0.5) is 18.9 Å². The molecule has 8 heteroatoms. The van der Waals surface area contributed by atoms with Gasteiger partial charge in [-0.3, -0.25) is 14.3 Å². The first kappa shape index (κ1) is 17.8. The van der Waals surface area contributed by atoms with Crippen LogP contribution in [0.2, 0.25) is 0 Å². The van der Waals surface area contributed by atoms with E-state index in [1.54, 1.807) is 6.07 Å². The zero-order chi connectivity index (χ0) is 19.2. The molecule has 2 amide bonds. The van der Waals surface area contributed by atoms with Gasteiger partial charge in [-0.2, -0.15) is 18.3 Å². The van der Waals surface area contributed by atoms with Crippen molar-refractivity contribution >= 4 is 17.5 Å². The Balaban J connectivity index is 1.54. The van der Waals surface area contributed by atoms with E-state index >= 15 is 0 Å². The van der Waals surface area contributed by atoms with Crippen LogP contribution in [0, 0.1) is 11.8 Å². The van der Waals surface area contributed by atoms with Gasteiger partial charge in [0, 0.05) is 6.20 Å². The second kappa shape index (κ2) is 6.51. The minimum absolute atomic E-state index is 0.118. The minimum Gasteiger partial charge on any atom is -0.274 e. The van der Waals surface area contributed by atoms with Crippen LogP contribution < -0.4 is 4.90 Å². The molecule has 27 heavy (non-hydrogen) atoms. The van der Waals surface area contributed by atoms with E-state index in [9.17, 15) is 22.8 Å². The van der Waals surface area contributed by atoms with Gasteiger partial charge >= 0.3 is 6.18 Å². The number of benzene rings is 1. The minimum atomic E-state index is -4.41. The molecule has 2 aliphatic rings. The summed E-state index contributed by atoms with van der Waals surface area (Å²) in [5, 5.41) is 4.12. The van der Waals surface area contributed by atoms with Crippen LogP contribution >= 0.6 is 0 Å². The lowest BCUT2D eigenvalue weighted by Crippen LogP contribution is -2.30. The van der Waals surface area contributed by atoms with Crippen molar-refractivity contribution in [3.63, 3.8) is 0 Å². The van der Waals surface area contributed by atoms with Gasteiger partial charge in [-0.1, -0.05) is 25.0 Å². The van der Waals surface area contributed by atoms with Crippen molar-refractivity contribution in [1.82, 2.24) is 9.78 Å². The van der Waals surface area contributed by atoms with E-state index in [-0.39, 0.29) is 30.2 Å². The number of aromatic nitrogens is 2. The largest absolute Gasteiger partial charge is 0.416 e. The average Bonchev–Trinajstić information content (AvgIpc) is 3.18. The molecule has 4 rings (SSSR count). The molecule has 0 N–H and O–H groups in total. The van der Waals surface area contributed by atoms with Crippen molar-refractivity contribution in [3.8, 4) is 0 Å². The maximum absolute atomic E-state index is 12.8. The quantitative estimate of drug-likeness (QED) is 0.768. The molecule has 0 bridgehead atoms. The molecule has 0 radical (unpaired) electrons. The highest BCUT2D eigenvalue weighted by molar-refractivity contribution is 6.21. The molecule has 2 unspecified atom stereocenters. The summed E-state index contributed by atoms with van der Waals surface area (Å²) in [4.78, 5) is 26.4. The fourth-order valence-corrected chi connectivity index (χ4v) is 4.00. The Morgan fingerprint density at radius 3 is 2.37 bits per heavy atom. The molecule has 2 fully saturated rings. The van der Waals surface area contributed by atoms with E-state index in [0.717, 1.165) is 37.8 Å². The Hall–Kier alpha value is -2.64. The number of alkyl halides is 3. The Morgan fingerprint density at radius 2 is 1.74 bits per heavy atom. The van der Waals surface area contributed by atoms with Crippen molar-refractivity contribution in [2.24, 2.45) is 11.8 Å². The molecule has 0 spiro atoms. The third kappa shape index (κ3) is 3.24. The van der Waals surface area contributed by atoms with Crippen molar-refractivity contribution in [2.75, 3.05) is 4.90 Å². The second-order valence-corrected chi connectivity index (χ2v) is 7.10. The van der Waals surface area contributed by atoms with Gasteiger partial charge < -0.3 is 0 Å². The summed E-state index contributed by atoms with van der Waals surface area (Å²) in [6, 6.07) is 5.02. The first-order chi connectivity index (χ1) is 12.8. The lowest BCUT2D eigenvalue weighted by atomic mass is 9.81. The smallest absolute Gasteiger partial charge is 0.274 e. The SMILES string of the molecule is O=C1C2CCCCC2C(=O)N1c1cnn(Cc2cccc(C(F)(F)F)c2)c1. The molecule has 1 aromatic heterocycles. The lowest BCUT2D eigenvalue weighted by molar-refractivity contribution is -0.137. The van der Waals surface area contributed by atoms with Crippen molar-refractivity contribution < 1.29 is 22.8 Å². The predicted molar refractivity (Wildman–Crippen MR) is 90.7 cm³/mol. The summed E-state index contributed by atoms with van der Waals surface area (Å²) >= 11 is 0. The second-order valence-electron chi connectivity index (χ2n) is 7.10. The van der Waals surface area contributed by atoms with Gasteiger partial charge in [0.25, 0.3) is 0 Å². The van der Waals surface area contributed by atoms with Gasteiger partial charge in [-0.25, -0.2) is 4.90 Å². The summed E-state index contributed by atoms with van der Waals surface area (Å²) in [6.07, 6.45) is 1.89. The Bertz CT molecular complexity index is 866. The third-order valence-electron chi connectivity index (χ3n) is 5.32. The molecule has 1 saturated carbocycles. The average molecular weight is 377 g/mol. The Morgan fingerprint density at radius 1 is 1.07 bits per heavy atom. The number of nitrogens with zero attached hydrogens (tertiary/aromatic N) is 3. The predicted octanol–water partition coefficient (Wildman–Crippen LogP) is 3.63. The number of rotatable bonds is 3. The van der Waals surface area contributed by atoms with E-state index in [2.05, 4.69) is 5.10 Å². The summed E-state index contributed by atoms with van der Waals surface area (Å²) in [7, 11) is 0. The number of hydrogen-bond acceptors (Lipinski definition) is 3. The molecule has 142 valence electrons. The first-order valence-electron chi connectivity index (χ1n) is 8.91. The highest BCUT2D eigenvalue weighted by Gasteiger charge is 2.49. The molecular weight excluding hydrogens is 359 g/mol. The molecule has 1 saturated heterocycles. The highest BCUT2D eigenvalue weighted by atomic mass is 19.4. The molecular formula is C19H18F3N3O2. The monoisotopic (exact) mass is 377 g/mol. The highest BCUT2D eigenvalue weighted by Crippen LogP contribution is 2.40. The van der Waals surface area contributed by atoms with Crippen LogP contribution in [-0.2, 0) is 22.3 Å². The van der Waals surface area contributed by atoms with Crippen LogP contribution in [0.3, 0.4) is 0 Å². The normalized spacial score (nSPS) is 23.0. The number of hydrogen-bond donors (Lipinski definition) is 0. The molecule has 2 atom stereocenters. The standard InChI is InChI=1S/C19H18F3N3O2/c20-19(21,22)13-5-3-4-12(8-13)10-24-11-14(9-23-24)25-17(26)15-6-1-2-7-16(15)18(25)27/h3-5,8-9,11,15-16H,1-2,6-7,10H2. The molecule has 1 aromatic carbocycles. The Labute approximate surface area is 153 Å². The van der Waals surface area contributed by atoms with Gasteiger partial charge in [0.05, 0.1) is 35.8 Å². The van der Waals surface area contributed by atoms with E-state index in [1.165, 1.54) is 28.0 Å². The fraction of sp³-hybridized carbons (Fsp3) is 0.421. The van der Waals surface area contributed by atoms with Crippen LogP contribution in [0.5, 0.6) is 0 Å². The summed E-state index contributed by atoms with van der Waals surface area (Å²) in [5.41, 5.74) is 0.0972. The van der Waals surface area contributed by atoms with E-state index in [0.29, 0.717) is 11.3 Å². The van der Waals surface area contributed by atoms with Gasteiger partial charge in [0.1, 0.15) is 0 Å². The van der Waals surface area contributed by atoms with Gasteiger partial charge in [0.2, 0.25) is 11.8 Å². The van der Waals surface area contributed by atoms with Gasteiger partial charge in [-0.05, 0) is 30.5 Å². The van der Waals surface area contributed by atoms with Crippen LogP contribution in [0.15, 0.2) is 36.7 Å². The van der Waals surface area contributed by atoms with Gasteiger partial charge in [-0.15, -0.1) is 0 Å². The third-order valence-corrected chi connectivity index (χ3v) is 5.32. The summed E-state index contributed by atoms with van der Waals surface area (Å²) < 4.78 is 40.0. The number of anilines is 1. The number of amides is 2. The van der Waals surface area contributed by atoms with Gasteiger partial charge in [0.15, 0.2) is 0 Å². The summed E-state index contributed by atoms with van der Waals surface area (Å²) in [5.74, 6) is -0.886. The maximum Gasteiger partial charge on any atom is 0.416 e. The van der Waals surface area contributed by atoms with E-state index in [1.807, 2.05) is 0 Å². The fourth-order valence-electron chi connectivity index (χ4n) is 4.00. The van der Waals surface area contributed by atoms with Crippen LogP contribution in [-0.4, -0.2) is 21.6 Å². The van der Waals surface area contributed by atoms with Crippen LogP contribution in [0.1, 0.15) is 36.8 Å². The number of halogens is 3. The summed E-state index contributed by atoms with van der Waals surface area (Å²) in [6.45, 7) is 0.118.